The zero-order chi connectivity index (χ0) is 37.1. The maximum atomic E-state index is 9.51. The Kier molecular flexibility index (Phi) is 7.43. The molecule has 260 valence electrons. The Balaban J connectivity index is 1.06. The molecule has 0 amide bonds. The van der Waals surface area contributed by atoms with E-state index in [9.17, 15) is 5.26 Å². The highest BCUT2D eigenvalue weighted by molar-refractivity contribution is 5.89. The zero-order valence-corrected chi connectivity index (χ0v) is 30.1. The number of aromatic nitrogens is 3. The van der Waals surface area contributed by atoms with E-state index in [0.717, 1.165) is 50.3 Å². The third-order valence-electron chi connectivity index (χ3n) is 10.6. The van der Waals surface area contributed by atoms with Gasteiger partial charge in [0, 0.05) is 27.7 Å². The van der Waals surface area contributed by atoms with Crippen LogP contribution in [0.3, 0.4) is 0 Å². The lowest BCUT2D eigenvalue weighted by Gasteiger charge is -2.25. The molecule has 0 N–H and O–H groups in total. The smallest absolute Gasteiger partial charge is 0.178 e. The molecule has 0 fully saturated rings. The molecule has 2 aliphatic rings. The fourth-order valence-electron chi connectivity index (χ4n) is 7.87. The van der Waals surface area contributed by atoms with Crippen molar-refractivity contribution in [3.8, 4) is 96.6 Å². The van der Waals surface area contributed by atoms with E-state index in [1.807, 2.05) is 103 Å². The fraction of sp³-hybridized carbons (Fsp3) is 0.0612. The number of rotatable bonds is 5. The Morgan fingerprint density at radius 2 is 1.09 bits per heavy atom. The number of benzene rings is 7. The minimum absolute atomic E-state index is 0.139. The molecule has 8 aromatic rings. The SMILES string of the molecule is CC1(C)c2ccccc2-c2c1ccc1c2Oc2ccc(-c3ccccc3-c3nc(-c4ccccc4)nc(-c4cccc(-c5cccc(C#N)c5)c4)n3)cc2O1. The number of hydrogen-bond acceptors (Lipinski definition) is 6. The number of nitriles is 1. The molecule has 0 saturated heterocycles. The first-order valence-electron chi connectivity index (χ1n) is 18.2. The van der Waals surface area contributed by atoms with Gasteiger partial charge in [-0.1, -0.05) is 135 Å². The normalized spacial score (nSPS) is 13.0. The second-order valence-electron chi connectivity index (χ2n) is 14.3. The summed E-state index contributed by atoms with van der Waals surface area (Å²) in [6, 6.07) is 54.8. The summed E-state index contributed by atoms with van der Waals surface area (Å²) < 4.78 is 13.3. The van der Waals surface area contributed by atoms with Gasteiger partial charge in [0.2, 0.25) is 0 Å². The molecule has 1 aliphatic heterocycles. The van der Waals surface area contributed by atoms with E-state index >= 15 is 0 Å². The molecule has 0 atom stereocenters. The Bertz CT molecular complexity index is 2870. The molecule has 55 heavy (non-hydrogen) atoms. The van der Waals surface area contributed by atoms with Crippen molar-refractivity contribution >= 4 is 0 Å². The summed E-state index contributed by atoms with van der Waals surface area (Å²) in [5, 5.41) is 9.51. The largest absolute Gasteiger partial charge is 0.449 e. The van der Waals surface area contributed by atoms with Crippen LogP contribution in [0, 0.1) is 11.3 Å². The molecule has 0 spiro atoms. The van der Waals surface area contributed by atoms with Crippen LogP contribution in [0.25, 0.3) is 67.5 Å². The van der Waals surface area contributed by atoms with Crippen LogP contribution < -0.4 is 9.47 Å². The van der Waals surface area contributed by atoms with Gasteiger partial charge in [-0.3, -0.25) is 0 Å². The quantitative estimate of drug-likeness (QED) is 0.177. The summed E-state index contributed by atoms with van der Waals surface area (Å²) in [7, 11) is 0. The Hall–Kier alpha value is -7.36. The van der Waals surface area contributed by atoms with Crippen LogP contribution in [0.1, 0.15) is 30.5 Å². The lowest BCUT2D eigenvalue weighted by molar-refractivity contribution is 0.360. The molecular weight excluding hydrogens is 677 g/mol. The van der Waals surface area contributed by atoms with Crippen molar-refractivity contribution in [1.82, 2.24) is 15.0 Å². The summed E-state index contributed by atoms with van der Waals surface area (Å²) in [6.07, 6.45) is 0. The van der Waals surface area contributed by atoms with Gasteiger partial charge in [0.1, 0.15) is 0 Å². The van der Waals surface area contributed by atoms with Gasteiger partial charge in [0.05, 0.1) is 11.6 Å². The first-order chi connectivity index (χ1) is 26.9. The van der Waals surface area contributed by atoms with Crippen molar-refractivity contribution in [3.05, 3.63) is 174 Å². The summed E-state index contributed by atoms with van der Waals surface area (Å²) in [6.45, 7) is 4.52. The van der Waals surface area contributed by atoms with Crippen LogP contribution in [0.4, 0.5) is 0 Å². The molecule has 1 aromatic heterocycles. The molecule has 10 rings (SSSR count). The fourth-order valence-corrected chi connectivity index (χ4v) is 7.87. The lowest BCUT2D eigenvalue weighted by atomic mass is 9.82. The highest BCUT2D eigenvalue weighted by atomic mass is 16.6. The number of nitrogens with zero attached hydrogens (tertiary/aromatic N) is 4. The standard InChI is InChI=1S/C49H32N4O2/c1-49(2)39-21-9-8-20-38(39)44-40(49)23-25-42-45(44)55-41-24-22-34(28-43(41)54-42)36-18-6-7-19-37(36)48-52-46(31-13-4-3-5-14-31)51-47(53-48)35-17-11-16-33(27-35)32-15-10-12-30(26-32)29-50/h3-28H,1-2H3. The van der Waals surface area contributed by atoms with Gasteiger partial charge >= 0.3 is 0 Å². The van der Waals surface area contributed by atoms with E-state index in [1.165, 1.54) is 16.7 Å². The van der Waals surface area contributed by atoms with Gasteiger partial charge in [0.15, 0.2) is 40.5 Å². The molecule has 0 unspecified atom stereocenters. The predicted molar refractivity (Wildman–Crippen MR) is 216 cm³/mol. The van der Waals surface area contributed by atoms with E-state index < -0.39 is 0 Å². The van der Waals surface area contributed by atoms with Crippen LogP contribution in [0.5, 0.6) is 23.0 Å². The summed E-state index contributed by atoms with van der Waals surface area (Å²) in [5.41, 5.74) is 11.7. The molecule has 0 radical (unpaired) electrons. The highest BCUT2D eigenvalue weighted by Crippen LogP contribution is 2.58. The van der Waals surface area contributed by atoms with E-state index in [1.54, 1.807) is 6.07 Å². The Morgan fingerprint density at radius 1 is 0.455 bits per heavy atom. The molecular formula is C49H32N4O2. The van der Waals surface area contributed by atoms with Gasteiger partial charge in [-0.05, 0) is 75.3 Å². The third-order valence-corrected chi connectivity index (χ3v) is 10.6. The van der Waals surface area contributed by atoms with E-state index in [-0.39, 0.29) is 5.41 Å². The van der Waals surface area contributed by atoms with Crippen molar-refractivity contribution in [1.29, 1.82) is 5.26 Å². The zero-order valence-electron chi connectivity index (χ0n) is 30.1. The molecule has 0 saturated carbocycles. The number of hydrogen-bond donors (Lipinski definition) is 0. The number of fused-ring (bicyclic) bond motifs is 6. The van der Waals surface area contributed by atoms with Crippen LogP contribution in [-0.4, -0.2) is 15.0 Å². The highest BCUT2D eigenvalue weighted by Gasteiger charge is 2.39. The van der Waals surface area contributed by atoms with Gasteiger partial charge in [0.25, 0.3) is 0 Å². The maximum absolute atomic E-state index is 9.51. The average molecular weight is 709 g/mol. The minimum Gasteiger partial charge on any atom is -0.449 e. The maximum Gasteiger partial charge on any atom is 0.178 e. The topological polar surface area (TPSA) is 80.9 Å². The molecule has 6 heteroatoms. The predicted octanol–water partition coefficient (Wildman–Crippen LogP) is 12.3. The molecule has 0 bridgehead atoms. The first kappa shape index (κ1) is 32.3. The monoisotopic (exact) mass is 708 g/mol. The lowest BCUT2D eigenvalue weighted by Crippen LogP contribution is -2.15. The minimum atomic E-state index is -0.139. The van der Waals surface area contributed by atoms with Crippen molar-refractivity contribution < 1.29 is 9.47 Å². The van der Waals surface area contributed by atoms with Crippen LogP contribution in [0.15, 0.2) is 158 Å². The summed E-state index contributed by atoms with van der Waals surface area (Å²) in [4.78, 5) is 15.1. The van der Waals surface area contributed by atoms with E-state index in [0.29, 0.717) is 40.3 Å². The van der Waals surface area contributed by atoms with Crippen molar-refractivity contribution in [2.24, 2.45) is 0 Å². The van der Waals surface area contributed by atoms with E-state index in [4.69, 9.17) is 24.4 Å². The van der Waals surface area contributed by atoms with Crippen molar-refractivity contribution in [2.75, 3.05) is 0 Å². The van der Waals surface area contributed by atoms with Crippen molar-refractivity contribution in [2.45, 2.75) is 19.3 Å². The van der Waals surface area contributed by atoms with Gasteiger partial charge in [-0.15, -0.1) is 0 Å². The van der Waals surface area contributed by atoms with Gasteiger partial charge < -0.3 is 9.47 Å². The molecule has 1 aliphatic carbocycles. The second-order valence-corrected chi connectivity index (χ2v) is 14.3. The summed E-state index contributed by atoms with van der Waals surface area (Å²) in [5.74, 6) is 4.43. The molecule has 2 heterocycles. The van der Waals surface area contributed by atoms with Crippen molar-refractivity contribution in [3.63, 3.8) is 0 Å². The third kappa shape index (κ3) is 5.45. The van der Waals surface area contributed by atoms with Crippen LogP contribution >= 0.6 is 0 Å². The van der Waals surface area contributed by atoms with Gasteiger partial charge in [-0.2, -0.15) is 5.26 Å². The summed E-state index contributed by atoms with van der Waals surface area (Å²) >= 11 is 0. The molecule has 7 aromatic carbocycles. The van der Waals surface area contributed by atoms with Gasteiger partial charge in [-0.25, -0.2) is 15.0 Å². The van der Waals surface area contributed by atoms with Crippen LogP contribution in [0.2, 0.25) is 0 Å². The van der Waals surface area contributed by atoms with E-state index in [2.05, 4.69) is 68.4 Å². The Morgan fingerprint density at radius 3 is 1.91 bits per heavy atom. The Labute approximate surface area is 319 Å². The van der Waals surface area contributed by atoms with Crippen LogP contribution in [-0.2, 0) is 5.41 Å². The molecule has 6 nitrogen and oxygen atoms in total. The first-order valence-corrected chi connectivity index (χ1v) is 18.2. The average Bonchev–Trinajstić information content (AvgIpc) is 3.49. The second kappa shape index (κ2) is 12.6. The number of ether oxygens (including phenoxy) is 2.